The van der Waals surface area contributed by atoms with Gasteiger partial charge in [0, 0.05) is 18.5 Å². The van der Waals surface area contributed by atoms with Crippen molar-refractivity contribution in [3.05, 3.63) is 46.8 Å². The maximum absolute atomic E-state index is 12.6. The largest absolute Gasteiger partial charge is 0.469 e. The molecule has 0 radical (unpaired) electrons. The zero-order valence-electron chi connectivity index (χ0n) is 18.7. The fraction of sp³-hybridized carbons (Fsp3) is 0.522. The number of benzene rings is 1. The van der Waals surface area contributed by atoms with E-state index < -0.39 is 5.60 Å². The van der Waals surface area contributed by atoms with Gasteiger partial charge in [0.2, 0.25) is 0 Å². The molecule has 0 aliphatic carbocycles. The maximum Gasteiger partial charge on any atom is 0.410 e. The highest BCUT2D eigenvalue weighted by Gasteiger charge is 2.31. The third-order valence-electron chi connectivity index (χ3n) is 5.14. The fourth-order valence-corrected chi connectivity index (χ4v) is 3.53. The lowest BCUT2D eigenvalue weighted by Gasteiger charge is -2.30. The number of carbonyl (C=O) groups is 2. The highest BCUT2D eigenvalue weighted by Crippen LogP contribution is 2.28. The Labute approximate surface area is 178 Å². The molecule has 1 aromatic heterocycles. The number of nitrogens with zero attached hydrogens (tertiary/aromatic N) is 3. The van der Waals surface area contributed by atoms with Crippen molar-refractivity contribution in [2.45, 2.75) is 65.5 Å². The molecule has 0 saturated carbocycles. The van der Waals surface area contributed by atoms with Crippen molar-refractivity contribution in [3.63, 3.8) is 0 Å². The Balaban J connectivity index is 1.95. The molecule has 0 saturated heterocycles. The lowest BCUT2D eigenvalue weighted by molar-refractivity contribution is -0.139. The highest BCUT2D eigenvalue weighted by molar-refractivity contribution is 5.73. The minimum absolute atomic E-state index is 0.0675. The van der Waals surface area contributed by atoms with Crippen LogP contribution in [-0.4, -0.2) is 46.0 Å². The topological polar surface area (TPSA) is 73.7 Å². The minimum atomic E-state index is -0.561. The van der Waals surface area contributed by atoms with Gasteiger partial charge >= 0.3 is 12.1 Å². The molecule has 162 valence electrons. The summed E-state index contributed by atoms with van der Waals surface area (Å²) in [5, 5.41) is 4.73. The average molecular weight is 414 g/mol. The molecule has 0 N–H and O–H groups in total. The molecule has 0 bridgehead atoms. The summed E-state index contributed by atoms with van der Waals surface area (Å²) in [6.45, 7) is 10.8. The number of esters is 1. The minimum Gasteiger partial charge on any atom is -0.469 e. The standard InChI is InChI=1S/C23H31N3O4/c1-15(2)16-7-9-17(10-8-16)26-20-11-12-25(22(28)30-23(3,4)5)14-18(20)19(24-26)13-21(27)29-6/h7-10,15H,11-14H2,1-6H3. The number of methoxy groups -OCH3 is 1. The van der Waals surface area contributed by atoms with Crippen molar-refractivity contribution in [1.29, 1.82) is 0 Å². The second kappa shape index (κ2) is 8.50. The van der Waals surface area contributed by atoms with Crippen LogP contribution in [0.5, 0.6) is 0 Å². The van der Waals surface area contributed by atoms with E-state index in [-0.39, 0.29) is 18.5 Å². The van der Waals surface area contributed by atoms with Crippen molar-refractivity contribution in [1.82, 2.24) is 14.7 Å². The van der Waals surface area contributed by atoms with Crippen LogP contribution in [0.15, 0.2) is 24.3 Å². The Morgan fingerprint density at radius 1 is 1.17 bits per heavy atom. The summed E-state index contributed by atoms with van der Waals surface area (Å²) >= 11 is 0. The van der Waals surface area contributed by atoms with Gasteiger partial charge in [-0.25, -0.2) is 9.48 Å². The van der Waals surface area contributed by atoms with Gasteiger partial charge in [0.15, 0.2) is 0 Å². The van der Waals surface area contributed by atoms with Crippen molar-refractivity contribution in [2.75, 3.05) is 13.7 Å². The van der Waals surface area contributed by atoms with Crippen LogP contribution in [0.25, 0.3) is 5.69 Å². The van der Waals surface area contributed by atoms with E-state index in [2.05, 4.69) is 26.0 Å². The Bertz CT molecular complexity index is 923. The summed E-state index contributed by atoms with van der Waals surface area (Å²) in [6.07, 6.45) is 0.346. The lowest BCUT2D eigenvalue weighted by atomic mass is 10.0. The summed E-state index contributed by atoms with van der Waals surface area (Å²) in [6, 6.07) is 8.29. The number of aromatic nitrogens is 2. The highest BCUT2D eigenvalue weighted by atomic mass is 16.6. The summed E-state index contributed by atoms with van der Waals surface area (Å²) < 4.78 is 12.3. The van der Waals surface area contributed by atoms with Gasteiger partial charge in [-0.15, -0.1) is 0 Å². The van der Waals surface area contributed by atoms with Crippen LogP contribution in [0.2, 0.25) is 0 Å². The molecule has 0 spiro atoms. The Kier molecular flexibility index (Phi) is 6.19. The van der Waals surface area contributed by atoms with Crippen LogP contribution in [0.3, 0.4) is 0 Å². The molecular weight excluding hydrogens is 382 g/mol. The lowest BCUT2D eigenvalue weighted by Crippen LogP contribution is -2.40. The first-order valence-corrected chi connectivity index (χ1v) is 10.3. The number of ether oxygens (including phenoxy) is 2. The van der Waals surface area contributed by atoms with Gasteiger partial charge in [0.05, 0.1) is 37.2 Å². The molecule has 1 amide bonds. The molecule has 7 heteroatoms. The molecule has 1 aromatic carbocycles. The van der Waals surface area contributed by atoms with E-state index in [1.165, 1.54) is 12.7 Å². The van der Waals surface area contributed by atoms with Crippen LogP contribution in [0.1, 0.15) is 63.1 Å². The molecule has 7 nitrogen and oxygen atoms in total. The zero-order chi connectivity index (χ0) is 22.1. The number of hydrogen-bond acceptors (Lipinski definition) is 5. The van der Waals surface area contributed by atoms with Crippen molar-refractivity contribution in [2.24, 2.45) is 0 Å². The van der Waals surface area contributed by atoms with Crippen molar-refractivity contribution in [3.8, 4) is 5.69 Å². The third kappa shape index (κ3) is 4.83. The van der Waals surface area contributed by atoms with E-state index in [0.29, 0.717) is 31.1 Å². The molecule has 0 atom stereocenters. The summed E-state index contributed by atoms with van der Waals surface area (Å²) in [5.41, 5.74) is 4.19. The van der Waals surface area contributed by atoms with E-state index in [4.69, 9.17) is 14.6 Å². The van der Waals surface area contributed by atoms with Gasteiger partial charge in [-0.05, 0) is 44.4 Å². The Morgan fingerprint density at radius 3 is 2.40 bits per heavy atom. The number of rotatable bonds is 4. The number of carbonyl (C=O) groups excluding carboxylic acids is 2. The fourth-order valence-electron chi connectivity index (χ4n) is 3.53. The van der Waals surface area contributed by atoms with Crippen molar-refractivity contribution < 1.29 is 19.1 Å². The van der Waals surface area contributed by atoms with Gasteiger partial charge in [-0.2, -0.15) is 5.10 Å². The van der Waals surface area contributed by atoms with Crippen LogP contribution in [0, 0.1) is 0 Å². The number of fused-ring (bicyclic) bond motifs is 1. The summed E-state index contributed by atoms with van der Waals surface area (Å²) in [4.78, 5) is 26.2. The monoisotopic (exact) mass is 413 g/mol. The number of hydrogen-bond donors (Lipinski definition) is 0. The molecule has 2 heterocycles. The van der Waals surface area contributed by atoms with Crippen LogP contribution < -0.4 is 0 Å². The SMILES string of the molecule is COC(=O)Cc1nn(-c2ccc(C(C)C)cc2)c2c1CN(C(=O)OC(C)(C)C)CC2. The Hall–Kier alpha value is -2.83. The molecule has 30 heavy (non-hydrogen) atoms. The van der Waals surface area contributed by atoms with E-state index in [1.807, 2.05) is 37.6 Å². The second-order valence-electron chi connectivity index (χ2n) is 8.93. The molecule has 2 aromatic rings. The molecule has 1 aliphatic rings. The first kappa shape index (κ1) is 21.9. The molecule has 0 fully saturated rings. The first-order valence-electron chi connectivity index (χ1n) is 10.3. The Morgan fingerprint density at radius 2 is 1.83 bits per heavy atom. The zero-order valence-corrected chi connectivity index (χ0v) is 18.7. The molecule has 0 unspecified atom stereocenters. The van der Waals surface area contributed by atoms with Gasteiger partial charge in [-0.3, -0.25) is 4.79 Å². The number of amides is 1. The quantitative estimate of drug-likeness (QED) is 0.708. The van der Waals surface area contributed by atoms with Crippen LogP contribution in [-0.2, 0) is 33.7 Å². The van der Waals surface area contributed by atoms with E-state index in [9.17, 15) is 9.59 Å². The normalized spacial score (nSPS) is 13.9. The van der Waals surface area contributed by atoms with E-state index >= 15 is 0 Å². The molecular formula is C23H31N3O4. The van der Waals surface area contributed by atoms with Gasteiger partial charge in [-0.1, -0.05) is 26.0 Å². The van der Waals surface area contributed by atoms with E-state index in [1.54, 1.807) is 4.90 Å². The van der Waals surface area contributed by atoms with Gasteiger partial charge in [0.1, 0.15) is 5.60 Å². The molecule has 1 aliphatic heterocycles. The predicted molar refractivity (Wildman–Crippen MR) is 114 cm³/mol. The van der Waals surface area contributed by atoms with Gasteiger partial charge in [0.25, 0.3) is 0 Å². The van der Waals surface area contributed by atoms with Crippen molar-refractivity contribution >= 4 is 12.1 Å². The molecule has 3 rings (SSSR count). The van der Waals surface area contributed by atoms with Gasteiger partial charge < -0.3 is 14.4 Å². The first-order chi connectivity index (χ1) is 14.1. The van der Waals surface area contributed by atoms with E-state index in [0.717, 1.165) is 16.9 Å². The third-order valence-corrected chi connectivity index (χ3v) is 5.14. The second-order valence-corrected chi connectivity index (χ2v) is 8.93. The predicted octanol–water partition coefficient (Wildman–Crippen LogP) is 4.00. The maximum atomic E-state index is 12.6. The van der Waals surface area contributed by atoms with Crippen LogP contribution in [0.4, 0.5) is 4.79 Å². The average Bonchev–Trinajstić information content (AvgIpc) is 3.04. The summed E-state index contributed by atoms with van der Waals surface area (Å²) in [7, 11) is 1.36. The summed E-state index contributed by atoms with van der Waals surface area (Å²) in [5.74, 6) is 0.0925. The van der Waals surface area contributed by atoms with Crippen LogP contribution >= 0.6 is 0 Å². The smallest absolute Gasteiger partial charge is 0.410 e.